The van der Waals surface area contributed by atoms with Gasteiger partial charge >= 0.3 is 0 Å². The fraction of sp³-hybridized carbons (Fsp3) is 0.316. The van der Waals surface area contributed by atoms with E-state index in [0.29, 0.717) is 12.3 Å². The number of anilines is 1. The van der Waals surface area contributed by atoms with E-state index in [1.807, 2.05) is 44.2 Å². The molecule has 4 heteroatoms. The van der Waals surface area contributed by atoms with Gasteiger partial charge in [0.05, 0.1) is 0 Å². The van der Waals surface area contributed by atoms with E-state index in [9.17, 15) is 9.00 Å². The van der Waals surface area contributed by atoms with Crippen molar-refractivity contribution in [2.24, 2.45) is 0 Å². The van der Waals surface area contributed by atoms with Crippen LogP contribution < -0.4 is 4.90 Å². The maximum absolute atomic E-state index is 12.5. The van der Waals surface area contributed by atoms with Gasteiger partial charge in [0.25, 0.3) is 0 Å². The van der Waals surface area contributed by atoms with E-state index >= 15 is 0 Å². The first-order valence-electron chi connectivity index (χ1n) is 7.84. The highest BCUT2D eigenvalue weighted by molar-refractivity contribution is 7.85. The second-order valence-corrected chi connectivity index (χ2v) is 7.54. The van der Waals surface area contributed by atoms with Crippen molar-refractivity contribution >= 4 is 22.4 Å². The predicted molar refractivity (Wildman–Crippen MR) is 95.1 cm³/mol. The number of amides is 1. The summed E-state index contributed by atoms with van der Waals surface area (Å²) in [6.07, 6.45) is 0.880. The number of carbonyl (C=O) groups excluding carboxylic acids is 1. The Morgan fingerprint density at radius 2 is 1.96 bits per heavy atom. The molecule has 0 spiro atoms. The molecule has 0 fully saturated rings. The molecule has 1 heterocycles. The Labute approximate surface area is 139 Å². The van der Waals surface area contributed by atoms with Gasteiger partial charge in [0.2, 0.25) is 5.91 Å². The molecule has 0 saturated heterocycles. The molecule has 1 amide bonds. The number of carbonyl (C=O) groups is 1. The number of nitrogens with zero attached hydrogens (tertiary/aromatic N) is 1. The Bertz CT molecular complexity index is 770. The first-order chi connectivity index (χ1) is 11.0. The van der Waals surface area contributed by atoms with Gasteiger partial charge in [-0.3, -0.25) is 9.00 Å². The van der Waals surface area contributed by atoms with Crippen molar-refractivity contribution < 1.29 is 9.00 Å². The molecule has 1 aliphatic rings. The lowest BCUT2D eigenvalue weighted by Crippen LogP contribution is -2.33. The number of benzene rings is 2. The summed E-state index contributed by atoms with van der Waals surface area (Å²) in [6, 6.07) is 14.1. The van der Waals surface area contributed by atoms with E-state index in [-0.39, 0.29) is 11.7 Å². The first kappa shape index (κ1) is 15.9. The minimum absolute atomic E-state index is 0.0430. The number of fused-ring (bicyclic) bond motifs is 1. The number of hydrogen-bond donors (Lipinski definition) is 0. The zero-order valence-corrected chi connectivity index (χ0v) is 14.4. The summed E-state index contributed by atoms with van der Waals surface area (Å²) >= 11 is 0. The minimum Gasteiger partial charge on any atom is -0.311 e. The van der Waals surface area contributed by atoms with Crippen LogP contribution in [-0.4, -0.2) is 22.4 Å². The molecule has 0 bridgehead atoms. The Kier molecular flexibility index (Phi) is 4.62. The van der Waals surface area contributed by atoms with Crippen molar-refractivity contribution in [2.45, 2.75) is 26.0 Å². The van der Waals surface area contributed by atoms with Gasteiger partial charge < -0.3 is 4.90 Å². The quantitative estimate of drug-likeness (QED) is 0.865. The van der Waals surface area contributed by atoms with Crippen molar-refractivity contribution in [3.63, 3.8) is 0 Å². The van der Waals surface area contributed by atoms with Crippen LogP contribution in [0.15, 0.2) is 42.5 Å². The van der Waals surface area contributed by atoms with Crippen molar-refractivity contribution in [3.8, 4) is 0 Å². The van der Waals surface area contributed by atoms with Gasteiger partial charge in [-0.05, 0) is 43.0 Å². The highest BCUT2D eigenvalue weighted by Gasteiger charge is 2.25. The highest BCUT2D eigenvalue weighted by Crippen LogP contribution is 2.27. The summed E-state index contributed by atoms with van der Waals surface area (Å²) in [7, 11) is -1.18. The summed E-state index contributed by atoms with van der Waals surface area (Å²) in [5.74, 6) is 0.481. The van der Waals surface area contributed by atoms with Crippen LogP contribution in [0.5, 0.6) is 0 Å². The normalized spacial score (nSPS) is 14.6. The van der Waals surface area contributed by atoms with Gasteiger partial charge in [-0.25, -0.2) is 0 Å². The summed E-state index contributed by atoms with van der Waals surface area (Å²) in [4.78, 5) is 14.3. The van der Waals surface area contributed by atoms with Crippen LogP contribution in [0.3, 0.4) is 0 Å². The standard InChI is InChI=1S/C19H21NO2S/c1-14-7-8-15(2)17(11-14)12-23(22)13-19(21)20-10-9-16-5-3-4-6-18(16)20/h3-8,11H,9-10,12-13H2,1-2H3. The molecule has 2 aromatic carbocycles. The summed E-state index contributed by atoms with van der Waals surface area (Å²) in [5, 5.41) is 0. The van der Waals surface area contributed by atoms with Crippen molar-refractivity contribution in [3.05, 3.63) is 64.7 Å². The molecule has 0 aliphatic carbocycles. The Balaban J connectivity index is 1.67. The topological polar surface area (TPSA) is 37.4 Å². The minimum atomic E-state index is -1.18. The van der Waals surface area contributed by atoms with Gasteiger partial charge in [-0.1, -0.05) is 42.0 Å². The van der Waals surface area contributed by atoms with Gasteiger partial charge in [-0.2, -0.15) is 0 Å². The molecule has 3 rings (SSSR count). The molecule has 0 N–H and O–H groups in total. The highest BCUT2D eigenvalue weighted by atomic mass is 32.2. The number of para-hydroxylation sites is 1. The van der Waals surface area contributed by atoms with Crippen molar-refractivity contribution in [1.82, 2.24) is 0 Å². The van der Waals surface area contributed by atoms with Crippen LogP contribution in [0, 0.1) is 13.8 Å². The van der Waals surface area contributed by atoms with E-state index in [4.69, 9.17) is 0 Å². The van der Waals surface area contributed by atoms with Crippen LogP contribution >= 0.6 is 0 Å². The molecule has 1 aliphatic heterocycles. The second kappa shape index (κ2) is 6.67. The summed E-state index contributed by atoms with van der Waals surface area (Å²) in [6.45, 7) is 4.74. The monoisotopic (exact) mass is 327 g/mol. The van der Waals surface area contributed by atoms with E-state index in [0.717, 1.165) is 28.8 Å². The molecule has 3 nitrogen and oxygen atoms in total. The van der Waals surface area contributed by atoms with Gasteiger partial charge in [0.1, 0.15) is 5.75 Å². The maximum Gasteiger partial charge on any atom is 0.239 e. The Morgan fingerprint density at radius 1 is 1.17 bits per heavy atom. The van der Waals surface area contributed by atoms with E-state index in [1.165, 1.54) is 5.56 Å². The molecule has 2 aromatic rings. The van der Waals surface area contributed by atoms with Gasteiger partial charge in [0, 0.05) is 28.8 Å². The third-order valence-electron chi connectivity index (χ3n) is 4.29. The smallest absolute Gasteiger partial charge is 0.239 e. The largest absolute Gasteiger partial charge is 0.311 e. The zero-order valence-electron chi connectivity index (χ0n) is 13.5. The molecule has 23 heavy (non-hydrogen) atoms. The lowest BCUT2D eigenvalue weighted by molar-refractivity contribution is -0.116. The SMILES string of the molecule is Cc1ccc(C)c(CS(=O)CC(=O)N2CCc3ccccc32)c1. The van der Waals surface area contributed by atoms with E-state index < -0.39 is 10.8 Å². The molecular formula is C19H21NO2S. The van der Waals surface area contributed by atoms with Crippen molar-refractivity contribution in [1.29, 1.82) is 0 Å². The summed E-state index contributed by atoms with van der Waals surface area (Å²) < 4.78 is 12.4. The van der Waals surface area contributed by atoms with Crippen LogP contribution in [0.1, 0.15) is 22.3 Å². The van der Waals surface area contributed by atoms with Crippen LogP contribution in [0.2, 0.25) is 0 Å². The fourth-order valence-corrected chi connectivity index (χ4v) is 4.18. The second-order valence-electron chi connectivity index (χ2n) is 6.08. The Morgan fingerprint density at radius 3 is 2.78 bits per heavy atom. The average molecular weight is 327 g/mol. The lowest BCUT2D eigenvalue weighted by atomic mass is 10.1. The van der Waals surface area contributed by atoms with Gasteiger partial charge in [0.15, 0.2) is 0 Å². The van der Waals surface area contributed by atoms with Crippen LogP contribution in [0.25, 0.3) is 0 Å². The molecular weight excluding hydrogens is 306 g/mol. The number of hydrogen-bond acceptors (Lipinski definition) is 2. The van der Waals surface area contributed by atoms with E-state index in [1.54, 1.807) is 4.90 Å². The third kappa shape index (κ3) is 3.53. The van der Waals surface area contributed by atoms with E-state index in [2.05, 4.69) is 12.1 Å². The van der Waals surface area contributed by atoms with Gasteiger partial charge in [-0.15, -0.1) is 0 Å². The third-order valence-corrected chi connectivity index (χ3v) is 5.50. The summed E-state index contributed by atoms with van der Waals surface area (Å²) in [5.41, 5.74) is 5.52. The Hall–Kier alpha value is -1.94. The molecule has 120 valence electrons. The zero-order chi connectivity index (χ0) is 16.4. The van der Waals surface area contributed by atoms with Crippen LogP contribution in [0.4, 0.5) is 5.69 Å². The first-order valence-corrected chi connectivity index (χ1v) is 9.33. The number of rotatable bonds is 4. The van der Waals surface area contributed by atoms with Crippen LogP contribution in [-0.2, 0) is 27.8 Å². The molecule has 0 aromatic heterocycles. The maximum atomic E-state index is 12.5. The molecule has 1 atom stereocenters. The number of aryl methyl sites for hydroxylation is 2. The average Bonchev–Trinajstić information content (AvgIpc) is 2.95. The predicted octanol–water partition coefficient (Wildman–Crippen LogP) is 3.14. The molecule has 0 saturated carbocycles. The molecule has 1 unspecified atom stereocenters. The molecule has 0 radical (unpaired) electrons. The van der Waals surface area contributed by atoms with Crippen molar-refractivity contribution in [2.75, 3.05) is 17.2 Å². The fourth-order valence-electron chi connectivity index (χ4n) is 2.99. The lowest BCUT2D eigenvalue weighted by Gasteiger charge is -2.17.